The topological polar surface area (TPSA) is 95.9 Å². The Bertz CT molecular complexity index is 2010. The van der Waals surface area contributed by atoms with Gasteiger partial charge in [-0.3, -0.25) is 4.90 Å². The molecule has 0 saturated carbocycles. The van der Waals surface area contributed by atoms with E-state index < -0.39 is 27.4 Å². The van der Waals surface area contributed by atoms with Crippen LogP contribution in [0.2, 0.25) is 0 Å². The summed E-state index contributed by atoms with van der Waals surface area (Å²) in [6.45, 7) is 1.34. The van der Waals surface area contributed by atoms with Gasteiger partial charge in [0.2, 0.25) is 0 Å². The van der Waals surface area contributed by atoms with Crippen LogP contribution in [0.3, 0.4) is 0 Å². The van der Waals surface area contributed by atoms with Crippen LogP contribution in [0.25, 0.3) is 32.8 Å². The molecule has 4 aliphatic rings. The fourth-order valence-corrected chi connectivity index (χ4v) is 10.2. The van der Waals surface area contributed by atoms with Crippen molar-refractivity contribution in [3.05, 3.63) is 53.8 Å². The lowest BCUT2D eigenvalue weighted by Gasteiger charge is -2.36. The standard InChI is InChI=1S/C34H32F2N4O4S/c1-2-20-5-3-6-21-13-25(41)14-28(29(20)21)26-9-10-27-31(30(26)36)37-33(44-19-34-11-4-12-39(34)16-22(35)15-34)38-32(27)40-23-7-8-24(40)18-45(42,43)17-23/h1,3,5-6,9-10,13-14,22-24,41H,4,7-8,11-12,15-19H2/t22-,23?,24?,34+/m1/s1. The first-order valence-electron chi connectivity index (χ1n) is 15.4. The molecule has 8 nitrogen and oxygen atoms in total. The van der Waals surface area contributed by atoms with Gasteiger partial charge in [0, 0.05) is 46.9 Å². The molecule has 5 heterocycles. The minimum Gasteiger partial charge on any atom is -0.508 e. The van der Waals surface area contributed by atoms with Gasteiger partial charge < -0.3 is 14.7 Å². The molecule has 0 amide bonds. The van der Waals surface area contributed by atoms with Crippen LogP contribution < -0.4 is 9.64 Å². The van der Waals surface area contributed by atoms with Gasteiger partial charge in [-0.2, -0.15) is 9.97 Å². The van der Waals surface area contributed by atoms with Gasteiger partial charge in [0.1, 0.15) is 29.9 Å². The summed E-state index contributed by atoms with van der Waals surface area (Å²) < 4.78 is 62.8. The highest BCUT2D eigenvalue weighted by Crippen LogP contribution is 2.44. The van der Waals surface area contributed by atoms with Crippen LogP contribution in [0.15, 0.2) is 42.5 Å². The third-order valence-corrected chi connectivity index (χ3v) is 11.9. The van der Waals surface area contributed by atoms with Crippen LogP contribution in [0.5, 0.6) is 11.8 Å². The summed E-state index contributed by atoms with van der Waals surface area (Å²) in [6.07, 6.45) is 8.36. The molecule has 45 heavy (non-hydrogen) atoms. The lowest BCUT2D eigenvalue weighted by atomic mass is 9.93. The van der Waals surface area contributed by atoms with Gasteiger partial charge in [0.15, 0.2) is 15.7 Å². The second-order valence-corrected chi connectivity index (χ2v) is 15.1. The number of ether oxygens (including phenoxy) is 1. The van der Waals surface area contributed by atoms with E-state index in [1.807, 2.05) is 11.0 Å². The molecule has 8 rings (SSSR count). The number of fused-ring (bicyclic) bond motifs is 5. The van der Waals surface area contributed by atoms with E-state index in [-0.39, 0.29) is 53.0 Å². The fourth-order valence-electron chi connectivity index (χ4n) is 8.28. The monoisotopic (exact) mass is 630 g/mol. The van der Waals surface area contributed by atoms with E-state index in [0.29, 0.717) is 58.9 Å². The van der Waals surface area contributed by atoms with E-state index >= 15 is 4.39 Å². The zero-order valence-corrected chi connectivity index (χ0v) is 25.4. The third kappa shape index (κ3) is 4.60. The summed E-state index contributed by atoms with van der Waals surface area (Å²) in [5.41, 5.74) is 0.740. The zero-order valence-electron chi connectivity index (χ0n) is 24.5. The van der Waals surface area contributed by atoms with Crippen molar-refractivity contribution < 1.29 is 27.0 Å². The maximum atomic E-state index is 16.9. The summed E-state index contributed by atoms with van der Waals surface area (Å²) in [4.78, 5) is 13.5. The molecule has 1 N–H and O–H groups in total. The highest BCUT2D eigenvalue weighted by atomic mass is 32.2. The fraction of sp³-hybridized carbons (Fsp3) is 0.412. The second-order valence-electron chi connectivity index (χ2n) is 12.9. The normalized spacial score (nSPS) is 27.2. The van der Waals surface area contributed by atoms with E-state index in [4.69, 9.17) is 16.1 Å². The van der Waals surface area contributed by atoms with Gasteiger partial charge in [0.05, 0.1) is 17.0 Å². The average molecular weight is 631 g/mol. The van der Waals surface area contributed by atoms with E-state index in [2.05, 4.69) is 15.8 Å². The number of phenols is 1. The number of benzene rings is 3. The summed E-state index contributed by atoms with van der Waals surface area (Å²) in [6, 6.07) is 11.2. The first-order valence-corrected chi connectivity index (χ1v) is 17.2. The molecule has 3 aromatic carbocycles. The van der Waals surface area contributed by atoms with Crippen molar-refractivity contribution in [3.63, 3.8) is 0 Å². The van der Waals surface area contributed by atoms with Crippen LogP contribution in [0.4, 0.5) is 14.6 Å². The molecule has 4 aromatic rings. The largest absolute Gasteiger partial charge is 0.508 e. The predicted molar refractivity (Wildman–Crippen MR) is 169 cm³/mol. The second kappa shape index (κ2) is 10.3. The van der Waals surface area contributed by atoms with E-state index in [9.17, 15) is 17.9 Å². The van der Waals surface area contributed by atoms with Gasteiger partial charge in [0.25, 0.3) is 0 Å². The lowest BCUT2D eigenvalue weighted by Crippen LogP contribution is -2.49. The van der Waals surface area contributed by atoms with Gasteiger partial charge in [-0.25, -0.2) is 17.2 Å². The van der Waals surface area contributed by atoms with E-state index in [0.717, 1.165) is 19.4 Å². The Balaban J connectivity index is 1.29. The van der Waals surface area contributed by atoms with Crippen molar-refractivity contribution in [1.82, 2.24) is 14.9 Å². The van der Waals surface area contributed by atoms with E-state index in [1.165, 1.54) is 6.07 Å². The first kappa shape index (κ1) is 28.5. The Hall–Kier alpha value is -4.01. The number of anilines is 1. The molecule has 4 saturated heterocycles. The van der Waals surface area contributed by atoms with Crippen molar-refractivity contribution >= 4 is 37.3 Å². The SMILES string of the molecule is C#Cc1cccc2cc(O)cc(-c3ccc4c(N5C6CCC5CS(=O)(=O)C6)nc(OC[C@@]56CCCN5C[C@H](F)C6)nc4c3F)c12. The first-order chi connectivity index (χ1) is 21.6. The van der Waals surface area contributed by atoms with E-state index in [1.54, 1.807) is 30.3 Å². The molecule has 4 atom stereocenters. The van der Waals surface area contributed by atoms with Crippen LogP contribution >= 0.6 is 0 Å². The minimum atomic E-state index is -3.21. The van der Waals surface area contributed by atoms with Gasteiger partial charge in [-0.05, 0) is 67.4 Å². The maximum absolute atomic E-state index is 16.9. The number of halogens is 2. The lowest BCUT2D eigenvalue weighted by molar-refractivity contribution is 0.107. The quantitative estimate of drug-likeness (QED) is 0.308. The average Bonchev–Trinajstić information content (AvgIpc) is 3.62. The summed E-state index contributed by atoms with van der Waals surface area (Å²) in [5, 5.41) is 12.3. The molecule has 232 valence electrons. The molecule has 0 aliphatic carbocycles. The summed E-state index contributed by atoms with van der Waals surface area (Å²) >= 11 is 0. The Morgan fingerprint density at radius 3 is 2.69 bits per heavy atom. The van der Waals surface area contributed by atoms with Crippen molar-refractivity contribution in [3.8, 4) is 35.2 Å². The Kier molecular flexibility index (Phi) is 6.49. The minimum absolute atomic E-state index is 0.00581. The Morgan fingerprint density at radius 1 is 1.11 bits per heavy atom. The number of sulfone groups is 1. The molecule has 4 fully saturated rings. The predicted octanol–water partition coefficient (Wildman–Crippen LogP) is 5.00. The number of rotatable bonds is 5. The zero-order chi connectivity index (χ0) is 31.1. The number of hydrogen-bond donors (Lipinski definition) is 1. The molecule has 0 spiro atoms. The number of nitrogens with zero attached hydrogens (tertiary/aromatic N) is 4. The Morgan fingerprint density at radius 2 is 1.91 bits per heavy atom. The molecular formula is C34H32F2N4O4S. The van der Waals surface area contributed by atoms with Gasteiger partial charge >= 0.3 is 6.01 Å². The Labute approximate surface area is 259 Å². The highest BCUT2D eigenvalue weighted by molar-refractivity contribution is 7.91. The molecule has 4 aliphatic heterocycles. The number of aromatic nitrogens is 2. The molecule has 1 aromatic heterocycles. The van der Waals surface area contributed by atoms with Crippen molar-refractivity contribution in [1.29, 1.82) is 0 Å². The van der Waals surface area contributed by atoms with Crippen molar-refractivity contribution in [2.24, 2.45) is 0 Å². The number of alkyl halides is 1. The molecule has 0 radical (unpaired) electrons. The van der Waals surface area contributed by atoms with Gasteiger partial charge in [-0.1, -0.05) is 24.1 Å². The molecule has 2 bridgehead atoms. The van der Waals surface area contributed by atoms with Crippen molar-refractivity contribution in [2.75, 3.05) is 36.1 Å². The summed E-state index contributed by atoms with van der Waals surface area (Å²) in [7, 11) is -3.21. The van der Waals surface area contributed by atoms with Crippen LogP contribution in [0.1, 0.15) is 37.7 Å². The number of terminal acetylenes is 1. The maximum Gasteiger partial charge on any atom is 0.319 e. The smallest absolute Gasteiger partial charge is 0.319 e. The third-order valence-electron chi connectivity index (χ3n) is 10.2. The summed E-state index contributed by atoms with van der Waals surface area (Å²) in [5.74, 6) is 2.44. The number of phenolic OH excluding ortho intramolecular Hbond substituents is 1. The van der Waals surface area contributed by atoms with Crippen LogP contribution in [0, 0.1) is 18.2 Å². The van der Waals surface area contributed by atoms with Crippen LogP contribution in [-0.2, 0) is 9.84 Å². The van der Waals surface area contributed by atoms with Gasteiger partial charge in [-0.15, -0.1) is 6.42 Å². The number of hydrogen-bond acceptors (Lipinski definition) is 8. The van der Waals surface area contributed by atoms with Crippen molar-refractivity contribution in [2.45, 2.75) is 55.9 Å². The highest BCUT2D eigenvalue weighted by Gasteiger charge is 2.50. The molecule has 2 unspecified atom stereocenters. The van der Waals surface area contributed by atoms with Crippen LogP contribution in [-0.4, -0.2) is 83.4 Å². The number of aromatic hydroxyl groups is 1. The molecular weight excluding hydrogens is 598 g/mol. The molecule has 11 heteroatoms.